The van der Waals surface area contributed by atoms with Crippen molar-refractivity contribution in [3.63, 3.8) is 0 Å². The molecule has 0 N–H and O–H groups in total. The molecule has 26 heavy (non-hydrogen) atoms. The molecule has 0 spiro atoms. The number of carbonyl (C=O) groups excluding carboxylic acids is 2. The summed E-state index contributed by atoms with van der Waals surface area (Å²) in [5.74, 6) is -1.43. The zero-order valence-corrected chi connectivity index (χ0v) is 14.3. The lowest BCUT2D eigenvalue weighted by Crippen LogP contribution is -2.28. The lowest BCUT2D eigenvalue weighted by Gasteiger charge is -2.16. The number of amides is 2. The highest BCUT2D eigenvalue weighted by Gasteiger charge is 2.39. The Bertz CT molecular complexity index is 943. The predicted octanol–water partition coefficient (Wildman–Crippen LogP) is 5.74. The van der Waals surface area contributed by atoms with Crippen molar-refractivity contribution < 1.29 is 27.2 Å². The number of rotatable bonds is 2. The van der Waals surface area contributed by atoms with Gasteiger partial charge in [0.15, 0.2) is 0 Å². The smallest absolute Gasteiger partial charge is 0.268 e. The number of hydrogen-bond acceptors (Lipinski definition) is 3. The van der Waals surface area contributed by atoms with Gasteiger partial charge in [0.05, 0.1) is 21.2 Å². The Morgan fingerprint density at radius 1 is 1.08 bits per heavy atom. The van der Waals surface area contributed by atoms with Gasteiger partial charge < -0.3 is 0 Å². The van der Waals surface area contributed by atoms with Crippen molar-refractivity contribution in [2.75, 3.05) is 4.90 Å². The molecular weight excluding hydrogens is 394 g/mol. The van der Waals surface area contributed by atoms with Gasteiger partial charge in [-0.3, -0.25) is 9.59 Å². The average Bonchev–Trinajstić information content (AvgIpc) is 2.83. The van der Waals surface area contributed by atoms with Crippen molar-refractivity contribution in [3.05, 3.63) is 69.3 Å². The molecule has 1 aliphatic heterocycles. The fourth-order valence-electron chi connectivity index (χ4n) is 2.29. The summed E-state index contributed by atoms with van der Waals surface area (Å²) in [6.45, 7) is 0. The van der Waals surface area contributed by atoms with E-state index in [1.54, 1.807) is 6.07 Å². The fraction of sp³-hybridized carbons (Fsp3) is 0.0588. The van der Waals surface area contributed by atoms with Gasteiger partial charge in [-0.1, -0.05) is 29.8 Å². The van der Waals surface area contributed by atoms with E-state index in [-0.39, 0.29) is 16.2 Å². The van der Waals surface area contributed by atoms with Crippen molar-refractivity contribution >= 4 is 46.3 Å². The number of carbonyl (C=O) groups is 2. The average molecular weight is 402 g/mol. The Labute approximate surface area is 154 Å². The molecule has 0 unspecified atom stereocenters. The van der Waals surface area contributed by atoms with Crippen LogP contribution in [0.25, 0.3) is 6.08 Å². The summed E-state index contributed by atoms with van der Waals surface area (Å²) in [6, 6.07) is 8.34. The SMILES string of the molecule is O=C1S/C(=C\c2ccccc2F)C(=O)N1c1ccc(Cl)c(C(F)(F)F)c1. The molecule has 0 bridgehead atoms. The first-order chi connectivity index (χ1) is 12.2. The monoisotopic (exact) mass is 401 g/mol. The number of hydrogen-bond donors (Lipinski definition) is 0. The summed E-state index contributed by atoms with van der Waals surface area (Å²) in [5.41, 5.74) is -1.33. The maximum absolute atomic E-state index is 13.7. The molecule has 9 heteroatoms. The molecule has 2 aromatic rings. The first-order valence-corrected chi connectivity index (χ1v) is 8.27. The normalized spacial score (nSPS) is 16.7. The molecule has 1 heterocycles. The summed E-state index contributed by atoms with van der Waals surface area (Å²) in [4.78, 5) is 25.1. The van der Waals surface area contributed by atoms with Gasteiger partial charge in [-0.05, 0) is 42.1 Å². The minimum Gasteiger partial charge on any atom is -0.268 e. The Morgan fingerprint density at radius 3 is 2.42 bits per heavy atom. The number of alkyl halides is 3. The number of halogens is 5. The molecule has 3 rings (SSSR count). The van der Waals surface area contributed by atoms with Crippen LogP contribution in [0.1, 0.15) is 11.1 Å². The van der Waals surface area contributed by atoms with Crippen molar-refractivity contribution in [2.24, 2.45) is 0 Å². The number of benzene rings is 2. The third kappa shape index (κ3) is 3.47. The van der Waals surface area contributed by atoms with Crippen LogP contribution in [0.4, 0.5) is 28.0 Å². The highest BCUT2D eigenvalue weighted by molar-refractivity contribution is 8.19. The molecule has 1 saturated heterocycles. The molecule has 0 atom stereocenters. The molecular formula is C17H8ClF4NO2S. The third-order valence-electron chi connectivity index (χ3n) is 3.50. The highest BCUT2D eigenvalue weighted by atomic mass is 35.5. The van der Waals surface area contributed by atoms with E-state index in [0.717, 1.165) is 12.1 Å². The summed E-state index contributed by atoms with van der Waals surface area (Å²) in [6.07, 6.45) is -3.56. The van der Waals surface area contributed by atoms with Crippen LogP contribution >= 0.6 is 23.4 Å². The minimum atomic E-state index is -4.74. The zero-order chi connectivity index (χ0) is 19.1. The van der Waals surface area contributed by atoms with Gasteiger partial charge in [0.25, 0.3) is 11.1 Å². The lowest BCUT2D eigenvalue weighted by molar-refractivity contribution is -0.137. The Balaban J connectivity index is 1.99. The van der Waals surface area contributed by atoms with E-state index >= 15 is 0 Å². The predicted molar refractivity (Wildman–Crippen MR) is 91.3 cm³/mol. The largest absolute Gasteiger partial charge is 0.417 e. The maximum atomic E-state index is 13.7. The number of imide groups is 1. The van der Waals surface area contributed by atoms with Crippen LogP contribution < -0.4 is 4.90 Å². The Morgan fingerprint density at radius 2 is 1.77 bits per heavy atom. The van der Waals surface area contributed by atoms with Gasteiger partial charge in [-0.2, -0.15) is 13.2 Å². The fourth-order valence-corrected chi connectivity index (χ4v) is 3.35. The lowest BCUT2D eigenvalue weighted by atomic mass is 10.1. The second kappa shape index (κ2) is 6.77. The van der Waals surface area contributed by atoms with Gasteiger partial charge in [-0.25, -0.2) is 9.29 Å². The van der Waals surface area contributed by atoms with E-state index in [1.807, 2.05) is 0 Å². The van der Waals surface area contributed by atoms with Gasteiger partial charge in [0, 0.05) is 5.56 Å². The molecule has 0 saturated carbocycles. The molecule has 2 aromatic carbocycles. The molecule has 0 aliphatic carbocycles. The van der Waals surface area contributed by atoms with Crippen LogP contribution in [0.15, 0.2) is 47.4 Å². The topological polar surface area (TPSA) is 37.4 Å². The van der Waals surface area contributed by atoms with Crippen molar-refractivity contribution in [1.82, 2.24) is 0 Å². The van der Waals surface area contributed by atoms with Crippen LogP contribution in [-0.4, -0.2) is 11.1 Å². The molecule has 1 fully saturated rings. The van der Waals surface area contributed by atoms with E-state index < -0.39 is 33.7 Å². The number of thioether (sulfide) groups is 1. The molecule has 0 aromatic heterocycles. The molecule has 134 valence electrons. The van der Waals surface area contributed by atoms with Crippen LogP contribution in [-0.2, 0) is 11.0 Å². The Hall–Kier alpha value is -2.32. The summed E-state index contributed by atoms with van der Waals surface area (Å²) >= 11 is 6.06. The third-order valence-corrected chi connectivity index (χ3v) is 4.70. The van der Waals surface area contributed by atoms with Crippen LogP contribution in [0.5, 0.6) is 0 Å². The van der Waals surface area contributed by atoms with Crippen LogP contribution in [0.2, 0.25) is 5.02 Å². The van der Waals surface area contributed by atoms with Crippen molar-refractivity contribution in [3.8, 4) is 0 Å². The minimum absolute atomic E-state index is 0.0880. The first kappa shape index (κ1) is 18.5. The van der Waals surface area contributed by atoms with E-state index in [4.69, 9.17) is 11.6 Å². The van der Waals surface area contributed by atoms with E-state index in [2.05, 4.69) is 0 Å². The summed E-state index contributed by atoms with van der Waals surface area (Å²) < 4.78 is 52.7. The van der Waals surface area contributed by atoms with Gasteiger partial charge in [0.2, 0.25) is 0 Å². The molecule has 1 aliphatic rings. The summed E-state index contributed by atoms with van der Waals surface area (Å²) in [7, 11) is 0. The second-order valence-corrected chi connectivity index (χ2v) is 6.60. The van der Waals surface area contributed by atoms with Crippen molar-refractivity contribution in [1.29, 1.82) is 0 Å². The zero-order valence-electron chi connectivity index (χ0n) is 12.7. The maximum Gasteiger partial charge on any atom is 0.417 e. The standard InChI is InChI=1S/C17H8ClF4NO2S/c18-12-6-5-10(8-11(12)17(20,21)22)23-15(24)14(26-16(23)25)7-9-3-1-2-4-13(9)19/h1-8H/b14-7-. The Kier molecular flexibility index (Phi) is 4.81. The number of anilines is 1. The van der Waals surface area contributed by atoms with Gasteiger partial charge >= 0.3 is 6.18 Å². The van der Waals surface area contributed by atoms with Gasteiger partial charge in [0.1, 0.15) is 5.82 Å². The van der Waals surface area contributed by atoms with Gasteiger partial charge in [-0.15, -0.1) is 0 Å². The molecule has 2 amide bonds. The molecule has 0 radical (unpaired) electrons. The van der Waals surface area contributed by atoms with Crippen LogP contribution in [0.3, 0.4) is 0 Å². The second-order valence-electron chi connectivity index (χ2n) is 5.20. The number of nitrogens with zero attached hydrogens (tertiary/aromatic N) is 1. The van der Waals surface area contributed by atoms with E-state index in [1.165, 1.54) is 24.3 Å². The molecule has 3 nitrogen and oxygen atoms in total. The highest BCUT2D eigenvalue weighted by Crippen LogP contribution is 2.40. The van der Waals surface area contributed by atoms with E-state index in [9.17, 15) is 27.2 Å². The quantitative estimate of drug-likeness (QED) is 0.475. The van der Waals surface area contributed by atoms with E-state index in [0.29, 0.717) is 22.7 Å². The first-order valence-electron chi connectivity index (χ1n) is 7.07. The van der Waals surface area contributed by atoms with Crippen LogP contribution in [0, 0.1) is 5.82 Å². The summed E-state index contributed by atoms with van der Waals surface area (Å²) in [5, 5.41) is -1.33. The van der Waals surface area contributed by atoms with Crippen molar-refractivity contribution in [2.45, 2.75) is 6.18 Å².